The minimum absolute atomic E-state index is 0.0849. The quantitative estimate of drug-likeness (QED) is 0.723. The highest BCUT2D eigenvalue weighted by atomic mass is 79.9. The monoisotopic (exact) mass is 286 g/mol. The lowest BCUT2D eigenvalue weighted by Crippen LogP contribution is -2.06. The van der Waals surface area contributed by atoms with Crippen LogP contribution in [-0.2, 0) is 0 Å². The predicted molar refractivity (Wildman–Crippen MR) is 67.1 cm³/mol. The fourth-order valence-electron chi connectivity index (χ4n) is 1.70. The van der Waals surface area contributed by atoms with E-state index in [0.717, 1.165) is 12.8 Å². The zero-order valence-corrected chi connectivity index (χ0v) is 11.2. The van der Waals surface area contributed by atoms with Crippen LogP contribution in [0.15, 0.2) is 22.7 Å². The van der Waals surface area contributed by atoms with E-state index in [9.17, 15) is 9.18 Å². The van der Waals surface area contributed by atoms with Gasteiger partial charge in [-0.15, -0.1) is 0 Å². The molecule has 1 nitrogen and oxygen atoms in total. The second-order valence-corrected chi connectivity index (χ2v) is 5.00. The fraction of sp³-hybridized carbons (Fsp3) is 0.462. The van der Waals surface area contributed by atoms with Crippen LogP contribution in [0.1, 0.15) is 43.5 Å². The molecule has 0 fully saturated rings. The van der Waals surface area contributed by atoms with Crippen LogP contribution >= 0.6 is 15.9 Å². The van der Waals surface area contributed by atoms with Crippen molar-refractivity contribution in [3.8, 4) is 0 Å². The topological polar surface area (TPSA) is 17.1 Å². The highest BCUT2D eigenvalue weighted by Gasteiger charge is 2.12. The van der Waals surface area contributed by atoms with E-state index in [2.05, 4.69) is 29.8 Å². The molecule has 0 amide bonds. The van der Waals surface area contributed by atoms with E-state index in [0.29, 0.717) is 22.4 Å². The molecule has 0 heterocycles. The lowest BCUT2D eigenvalue weighted by atomic mass is 9.96. The zero-order valence-electron chi connectivity index (χ0n) is 9.59. The first kappa shape index (κ1) is 13.4. The first-order valence-corrected chi connectivity index (χ1v) is 6.32. The molecule has 0 bridgehead atoms. The van der Waals surface area contributed by atoms with Crippen molar-refractivity contribution in [2.24, 2.45) is 5.92 Å². The summed E-state index contributed by atoms with van der Waals surface area (Å²) >= 11 is 3.08. The Morgan fingerprint density at radius 1 is 1.50 bits per heavy atom. The van der Waals surface area contributed by atoms with E-state index in [1.807, 2.05) is 0 Å². The molecule has 0 aliphatic rings. The molecule has 1 atom stereocenters. The molecule has 0 saturated carbocycles. The number of ketones is 1. The zero-order chi connectivity index (χ0) is 12.1. The van der Waals surface area contributed by atoms with Crippen molar-refractivity contribution in [2.75, 3.05) is 0 Å². The predicted octanol–water partition coefficient (Wildman–Crippen LogP) is 4.60. The highest BCUT2D eigenvalue weighted by Crippen LogP contribution is 2.20. The minimum atomic E-state index is -0.335. The average Bonchev–Trinajstić information content (AvgIpc) is 2.22. The molecule has 0 aliphatic heterocycles. The largest absolute Gasteiger partial charge is 0.294 e. The molecule has 1 aromatic carbocycles. The maximum atomic E-state index is 13.0. The van der Waals surface area contributed by atoms with Crippen LogP contribution in [0.3, 0.4) is 0 Å². The molecular weight excluding hydrogens is 271 g/mol. The van der Waals surface area contributed by atoms with Crippen molar-refractivity contribution in [3.05, 3.63) is 34.1 Å². The van der Waals surface area contributed by atoms with E-state index >= 15 is 0 Å². The smallest absolute Gasteiger partial charge is 0.163 e. The number of hydrogen-bond acceptors (Lipinski definition) is 1. The van der Waals surface area contributed by atoms with Crippen molar-refractivity contribution in [3.63, 3.8) is 0 Å². The molecule has 0 saturated heterocycles. The molecule has 0 N–H and O–H groups in total. The molecule has 0 spiro atoms. The minimum Gasteiger partial charge on any atom is -0.294 e. The van der Waals surface area contributed by atoms with E-state index in [-0.39, 0.29) is 11.6 Å². The molecule has 1 unspecified atom stereocenters. The summed E-state index contributed by atoms with van der Waals surface area (Å²) in [5.74, 6) is 0.140. The van der Waals surface area contributed by atoms with E-state index in [1.165, 1.54) is 6.07 Å². The summed E-state index contributed by atoms with van der Waals surface area (Å²) in [6.45, 7) is 4.18. The number of carbonyl (C=O) groups excluding carboxylic acids is 1. The maximum absolute atomic E-state index is 13.0. The van der Waals surface area contributed by atoms with Gasteiger partial charge in [-0.1, -0.05) is 26.7 Å². The second-order valence-electron chi connectivity index (χ2n) is 4.15. The maximum Gasteiger partial charge on any atom is 0.163 e. The molecule has 0 radical (unpaired) electrons. The van der Waals surface area contributed by atoms with Gasteiger partial charge in [-0.2, -0.15) is 0 Å². The highest BCUT2D eigenvalue weighted by molar-refractivity contribution is 9.10. The first-order chi connectivity index (χ1) is 7.54. The normalized spacial score (nSPS) is 12.5. The summed E-state index contributed by atoms with van der Waals surface area (Å²) < 4.78 is 13.3. The number of rotatable bonds is 5. The summed E-state index contributed by atoms with van der Waals surface area (Å²) in [6, 6.07) is 4.42. The van der Waals surface area contributed by atoms with Crippen molar-refractivity contribution in [2.45, 2.75) is 33.1 Å². The third-order valence-corrected chi connectivity index (χ3v) is 3.16. The summed E-state index contributed by atoms with van der Waals surface area (Å²) in [7, 11) is 0. The van der Waals surface area contributed by atoms with Crippen LogP contribution < -0.4 is 0 Å². The Hall–Kier alpha value is -0.700. The van der Waals surface area contributed by atoms with Crippen LogP contribution in [0.2, 0.25) is 0 Å². The Labute approximate surface area is 104 Å². The van der Waals surface area contributed by atoms with Crippen molar-refractivity contribution in [1.82, 2.24) is 0 Å². The molecular formula is C13H16BrFO. The Morgan fingerprint density at radius 2 is 2.19 bits per heavy atom. The molecule has 1 rings (SSSR count). The molecule has 88 valence electrons. The second kappa shape index (κ2) is 6.14. The first-order valence-electron chi connectivity index (χ1n) is 5.52. The third kappa shape index (κ3) is 3.71. The molecule has 0 aliphatic carbocycles. The van der Waals surface area contributed by atoms with E-state index in [4.69, 9.17) is 0 Å². The lowest BCUT2D eigenvalue weighted by Gasteiger charge is -2.09. The summed E-state index contributed by atoms with van der Waals surface area (Å²) in [5.41, 5.74) is 0.580. The summed E-state index contributed by atoms with van der Waals surface area (Å²) in [6.07, 6.45) is 2.67. The van der Waals surface area contributed by atoms with Crippen LogP contribution in [0, 0.1) is 11.7 Å². The Kier molecular flexibility index (Phi) is 5.13. The summed E-state index contributed by atoms with van der Waals surface area (Å²) in [5, 5.41) is 0. The van der Waals surface area contributed by atoms with Gasteiger partial charge in [0, 0.05) is 12.0 Å². The van der Waals surface area contributed by atoms with Gasteiger partial charge in [-0.05, 0) is 40.0 Å². The van der Waals surface area contributed by atoms with Crippen molar-refractivity contribution in [1.29, 1.82) is 0 Å². The van der Waals surface area contributed by atoms with Gasteiger partial charge in [0.1, 0.15) is 5.82 Å². The Morgan fingerprint density at radius 3 is 2.75 bits per heavy atom. The van der Waals surface area contributed by atoms with Gasteiger partial charge in [0.05, 0.1) is 4.47 Å². The Bertz CT molecular complexity index is 376. The van der Waals surface area contributed by atoms with Crippen molar-refractivity contribution >= 4 is 21.7 Å². The van der Waals surface area contributed by atoms with Gasteiger partial charge >= 0.3 is 0 Å². The van der Waals surface area contributed by atoms with Gasteiger partial charge in [0.2, 0.25) is 0 Å². The third-order valence-electron chi connectivity index (χ3n) is 2.56. The van der Waals surface area contributed by atoms with Crippen LogP contribution in [0.4, 0.5) is 4.39 Å². The van der Waals surface area contributed by atoms with Crippen molar-refractivity contribution < 1.29 is 9.18 Å². The van der Waals surface area contributed by atoms with Crippen LogP contribution in [0.5, 0.6) is 0 Å². The standard InChI is InChI=1S/C13H16BrFO/c1-3-4-9(2)7-13(16)10-5-6-12(15)11(14)8-10/h5-6,8-9H,3-4,7H2,1-2H3. The van der Waals surface area contributed by atoms with Gasteiger partial charge in [0.25, 0.3) is 0 Å². The summed E-state index contributed by atoms with van der Waals surface area (Å²) in [4.78, 5) is 11.9. The molecule has 1 aromatic rings. The van der Waals surface area contributed by atoms with Crippen LogP contribution in [-0.4, -0.2) is 5.78 Å². The van der Waals surface area contributed by atoms with Gasteiger partial charge < -0.3 is 0 Å². The van der Waals surface area contributed by atoms with Gasteiger partial charge in [-0.3, -0.25) is 4.79 Å². The number of Topliss-reactive ketones (excluding diaryl/α,β-unsaturated/α-hetero) is 1. The van der Waals surface area contributed by atoms with Crippen LogP contribution in [0.25, 0.3) is 0 Å². The Balaban J connectivity index is 2.69. The molecule has 16 heavy (non-hydrogen) atoms. The van der Waals surface area contributed by atoms with E-state index in [1.54, 1.807) is 12.1 Å². The molecule has 0 aromatic heterocycles. The van der Waals surface area contributed by atoms with E-state index < -0.39 is 0 Å². The number of carbonyl (C=O) groups is 1. The fourth-order valence-corrected chi connectivity index (χ4v) is 2.08. The lowest BCUT2D eigenvalue weighted by molar-refractivity contribution is 0.0962. The van der Waals surface area contributed by atoms with Gasteiger partial charge in [-0.25, -0.2) is 4.39 Å². The SMILES string of the molecule is CCCC(C)CC(=O)c1ccc(F)c(Br)c1. The number of halogens is 2. The van der Waals surface area contributed by atoms with Gasteiger partial charge in [0.15, 0.2) is 5.78 Å². The number of hydrogen-bond donors (Lipinski definition) is 0. The average molecular weight is 287 g/mol. The molecule has 3 heteroatoms. The number of benzene rings is 1.